The van der Waals surface area contributed by atoms with Gasteiger partial charge >= 0.3 is 5.97 Å². The Balaban J connectivity index is 2.72. The van der Waals surface area contributed by atoms with Crippen molar-refractivity contribution in [1.82, 2.24) is 4.98 Å². The molecule has 0 bridgehead atoms. The normalized spacial score (nSPS) is 12.6. The molecular weight excluding hydrogens is 288 g/mol. The van der Waals surface area contributed by atoms with Crippen LogP contribution in [0.5, 0.6) is 0 Å². The molecule has 7 heteroatoms. The number of methoxy groups -OCH3 is 1. The van der Waals surface area contributed by atoms with Gasteiger partial charge in [0.25, 0.3) is 12.7 Å². The molecule has 1 aromatic rings. The molecule has 1 rings (SSSR count). The Kier molecular flexibility index (Phi) is 4.75. The van der Waals surface area contributed by atoms with Crippen LogP contribution in [0.1, 0.15) is 10.5 Å². The monoisotopic (exact) mass is 295 g/mol. The zero-order chi connectivity index (χ0) is 12.1. The Bertz CT molecular complexity index is 376. The standard InChI is InChI=1S/C9H8BrF2NO3/c1-15-9(7(11)12)16-8(14)6-4-5(10)2-3-13-6/h2-4,7,9H,1H3. The summed E-state index contributed by atoms with van der Waals surface area (Å²) < 4.78 is 33.8. The van der Waals surface area contributed by atoms with Gasteiger partial charge in [0.15, 0.2) is 0 Å². The van der Waals surface area contributed by atoms with E-state index >= 15 is 0 Å². The number of hydrogen-bond acceptors (Lipinski definition) is 4. The predicted molar refractivity (Wildman–Crippen MR) is 54.2 cm³/mol. The van der Waals surface area contributed by atoms with Gasteiger partial charge in [-0.3, -0.25) is 0 Å². The van der Waals surface area contributed by atoms with E-state index in [1.165, 1.54) is 12.3 Å². The maximum absolute atomic E-state index is 12.2. The van der Waals surface area contributed by atoms with Crippen molar-refractivity contribution in [1.29, 1.82) is 0 Å². The summed E-state index contributed by atoms with van der Waals surface area (Å²) in [6, 6.07) is 2.96. The Morgan fingerprint density at radius 3 is 2.75 bits per heavy atom. The maximum Gasteiger partial charge on any atom is 0.359 e. The summed E-state index contributed by atoms with van der Waals surface area (Å²) in [7, 11) is 1.03. The topological polar surface area (TPSA) is 48.4 Å². The first kappa shape index (κ1) is 13.0. The lowest BCUT2D eigenvalue weighted by Gasteiger charge is -2.14. The zero-order valence-corrected chi connectivity index (χ0v) is 9.78. The summed E-state index contributed by atoms with van der Waals surface area (Å²) in [5.41, 5.74) is -0.0722. The van der Waals surface area contributed by atoms with E-state index < -0.39 is 18.7 Å². The molecule has 1 heterocycles. The minimum atomic E-state index is -2.90. The summed E-state index contributed by atoms with van der Waals surface area (Å²) in [5.74, 6) is -0.964. The number of carbonyl (C=O) groups excluding carboxylic acids is 1. The van der Waals surface area contributed by atoms with Crippen LogP contribution in [-0.4, -0.2) is 30.8 Å². The van der Waals surface area contributed by atoms with Gasteiger partial charge in [-0.2, -0.15) is 0 Å². The van der Waals surface area contributed by atoms with Gasteiger partial charge in [0.05, 0.1) is 0 Å². The summed E-state index contributed by atoms with van der Waals surface area (Å²) in [4.78, 5) is 15.0. The maximum atomic E-state index is 12.2. The SMILES string of the molecule is COC(OC(=O)c1cc(Br)ccn1)C(F)F. The first-order valence-electron chi connectivity index (χ1n) is 4.18. The number of alkyl halides is 2. The molecule has 0 N–H and O–H groups in total. The minimum Gasteiger partial charge on any atom is -0.425 e. The van der Waals surface area contributed by atoms with E-state index in [2.05, 4.69) is 30.4 Å². The summed E-state index contributed by atoms with van der Waals surface area (Å²) >= 11 is 3.12. The van der Waals surface area contributed by atoms with Gasteiger partial charge < -0.3 is 9.47 Å². The molecular formula is C9H8BrF2NO3. The average Bonchev–Trinajstić information content (AvgIpc) is 2.25. The molecule has 88 valence electrons. The second-order valence-corrected chi connectivity index (χ2v) is 3.62. The number of carbonyl (C=O) groups is 1. The number of ether oxygens (including phenoxy) is 2. The minimum absolute atomic E-state index is 0.0722. The van der Waals surface area contributed by atoms with Gasteiger partial charge in [-0.15, -0.1) is 0 Å². The van der Waals surface area contributed by atoms with Crippen molar-refractivity contribution in [2.75, 3.05) is 7.11 Å². The van der Waals surface area contributed by atoms with Crippen LogP contribution >= 0.6 is 15.9 Å². The first-order chi connectivity index (χ1) is 7.54. The van der Waals surface area contributed by atoms with Gasteiger partial charge in [0, 0.05) is 17.8 Å². The highest BCUT2D eigenvalue weighted by atomic mass is 79.9. The molecule has 1 aromatic heterocycles. The predicted octanol–water partition coefficient (Wildman–Crippen LogP) is 2.24. The molecule has 0 aromatic carbocycles. The van der Waals surface area contributed by atoms with Crippen molar-refractivity contribution in [3.8, 4) is 0 Å². The molecule has 0 saturated heterocycles. The number of aromatic nitrogens is 1. The molecule has 0 aliphatic rings. The van der Waals surface area contributed by atoms with Crippen LogP contribution in [-0.2, 0) is 9.47 Å². The Hall–Kier alpha value is -1.08. The number of pyridine rings is 1. The van der Waals surface area contributed by atoms with Crippen molar-refractivity contribution in [2.24, 2.45) is 0 Å². The number of esters is 1. The van der Waals surface area contributed by atoms with Crippen LogP contribution in [0.2, 0.25) is 0 Å². The summed E-state index contributed by atoms with van der Waals surface area (Å²) in [5, 5.41) is 0. The third-order valence-corrected chi connectivity index (χ3v) is 2.09. The van der Waals surface area contributed by atoms with E-state index in [1.807, 2.05) is 0 Å². The fourth-order valence-electron chi connectivity index (χ4n) is 0.885. The average molecular weight is 296 g/mol. The van der Waals surface area contributed by atoms with Crippen LogP contribution in [0.4, 0.5) is 8.78 Å². The van der Waals surface area contributed by atoms with Gasteiger partial charge in [0.2, 0.25) is 0 Å². The molecule has 0 amide bonds. The molecule has 16 heavy (non-hydrogen) atoms. The van der Waals surface area contributed by atoms with E-state index in [1.54, 1.807) is 6.07 Å². The Morgan fingerprint density at radius 2 is 2.25 bits per heavy atom. The largest absolute Gasteiger partial charge is 0.425 e. The smallest absolute Gasteiger partial charge is 0.359 e. The number of hydrogen-bond donors (Lipinski definition) is 0. The van der Waals surface area contributed by atoms with Crippen LogP contribution in [0.25, 0.3) is 0 Å². The summed E-state index contributed by atoms with van der Waals surface area (Å²) in [6.07, 6.45) is -3.43. The highest BCUT2D eigenvalue weighted by Gasteiger charge is 2.25. The third kappa shape index (κ3) is 3.49. The van der Waals surface area contributed by atoms with E-state index in [0.717, 1.165) is 7.11 Å². The third-order valence-electron chi connectivity index (χ3n) is 1.59. The van der Waals surface area contributed by atoms with Crippen LogP contribution in [0, 0.1) is 0 Å². The van der Waals surface area contributed by atoms with Crippen molar-refractivity contribution in [3.63, 3.8) is 0 Å². The molecule has 0 aliphatic heterocycles. The van der Waals surface area contributed by atoms with E-state index in [-0.39, 0.29) is 5.69 Å². The molecule has 0 aliphatic carbocycles. The van der Waals surface area contributed by atoms with Crippen molar-refractivity contribution < 1.29 is 23.0 Å². The number of nitrogens with zero attached hydrogens (tertiary/aromatic N) is 1. The van der Waals surface area contributed by atoms with Gasteiger partial charge in [-0.1, -0.05) is 15.9 Å². The van der Waals surface area contributed by atoms with E-state index in [9.17, 15) is 13.6 Å². The lowest BCUT2D eigenvalue weighted by molar-refractivity contribution is -0.163. The number of halogens is 3. The lowest BCUT2D eigenvalue weighted by Crippen LogP contribution is -2.27. The van der Waals surface area contributed by atoms with Crippen LogP contribution < -0.4 is 0 Å². The molecule has 4 nitrogen and oxygen atoms in total. The van der Waals surface area contributed by atoms with Crippen LogP contribution in [0.15, 0.2) is 22.8 Å². The Morgan fingerprint density at radius 1 is 1.56 bits per heavy atom. The Labute approximate surface area is 98.7 Å². The van der Waals surface area contributed by atoms with Crippen molar-refractivity contribution in [3.05, 3.63) is 28.5 Å². The highest BCUT2D eigenvalue weighted by Crippen LogP contribution is 2.13. The van der Waals surface area contributed by atoms with Crippen molar-refractivity contribution >= 4 is 21.9 Å². The number of rotatable bonds is 4. The second-order valence-electron chi connectivity index (χ2n) is 2.70. The first-order valence-corrected chi connectivity index (χ1v) is 4.97. The fourth-order valence-corrected chi connectivity index (χ4v) is 1.22. The van der Waals surface area contributed by atoms with Crippen LogP contribution in [0.3, 0.4) is 0 Å². The zero-order valence-electron chi connectivity index (χ0n) is 8.19. The lowest BCUT2D eigenvalue weighted by atomic mass is 10.3. The molecule has 0 saturated carbocycles. The highest BCUT2D eigenvalue weighted by molar-refractivity contribution is 9.10. The molecule has 0 radical (unpaired) electrons. The molecule has 0 fully saturated rings. The van der Waals surface area contributed by atoms with Gasteiger partial charge in [-0.05, 0) is 12.1 Å². The van der Waals surface area contributed by atoms with Gasteiger partial charge in [-0.25, -0.2) is 18.6 Å². The van der Waals surface area contributed by atoms with E-state index in [4.69, 9.17) is 0 Å². The summed E-state index contributed by atoms with van der Waals surface area (Å²) in [6.45, 7) is 0. The van der Waals surface area contributed by atoms with Gasteiger partial charge in [0.1, 0.15) is 5.69 Å². The van der Waals surface area contributed by atoms with E-state index in [0.29, 0.717) is 4.47 Å². The molecule has 0 spiro atoms. The van der Waals surface area contributed by atoms with Crippen molar-refractivity contribution in [2.45, 2.75) is 12.7 Å². The molecule has 1 atom stereocenters. The molecule has 1 unspecified atom stereocenters. The second kappa shape index (κ2) is 5.86. The fraction of sp³-hybridized carbons (Fsp3) is 0.333. The quantitative estimate of drug-likeness (QED) is 0.631.